The van der Waals surface area contributed by atoms with E-state index < -0.39 is 6.03 Å². The highest BCUT2D eigenvalue weighted by Gasteiger charge is 2.24. The highest BCUT2D eigenvalue weighted by atomic mass is 16.5. The normalized spacial score (nSPS) is 13.0. The molecule has 1 aliphatic rings. The lowest BCUT2D eigenvalue weighted by Gasteiger charge is -2.21. The van der Waals surface area contributed by atoms with Gasteiger partial charge in [-0.15, -0.1) is 0 Å². The molecule has 0 saturated heterocycles. The highest BCUT2D eigenvalue weighted by molar-refractivity contribution is 6.00. The minimum absolute atomic E-state index is 0.428. The molecule has 2 N–H and O–H groups in total. The molecule has 0 atom stereocenters. The van der Waals surface area contributed by atoms with Crippen LogP contribution < -0.4 is 15.4 Å². The van der Waals surface area contributed by atoms with Crippen molar-refractivity contribution in [2.24, 2.45) is 5.73 Å². The van der Waals surface area contributed by atoms with E-state index in [-0.39, 0.29) is 0 Å². The molecule has 2 aromatic rings. The van der Waals surface area contributed by atoms with Gasteiger partial charge in [0, 0.05) is 5.56 Å². The van der Waals surface area contributed by atoms with Crippen LogP contribution in [0.3, 0.4) is 0 Å². The molecule has 1 heterocycles. The number of benzene rings is 2. The van der Waals surface area contributed by atoms with Crippen molar-refractivity contribution in [3.63, 3.8) is 0 Å². The van der Waals surface area contributed by atoms with Crippen LogP contribution in [0.15, 0.2) is 48.5 Å². The van der Waals surface area contributed by atoms with Gasteiger partial charge in [-0.3, -0.25) is 4.90 Å². The summed E-state index contributed by atoms with van der Waals surface area (Å²) in [6.07, 6.45) is 0. The third kappa shape index (κ3) is 1.59. The van der Waals surface area contributed by atoms with Crippen LogP contribution in [0.2, 0.25) is 0 Å². The van der Waals surface area contributed by atoms with Gasteiger partial charge in [0.05, 0.1) is 11.4 Å². The van der Waals surface area contributed by atoms with Crippen molar-refractivity contribution in [1.29, 1.82) is 0 Å². The van der Waals surface area contributed by atoms with Gasteiger partial charge in [0.25, 0.3) is 0 Å². The van der Waals surface area contributed by atoms with Gasteiger partial charge in [0.15, 0.2) is 0 Å². The predicted molar refractivity (Wildman–Crippen MR) is 68.9 cm³/mol. The molecule has 0 radical (unpaired) electrons. The maximum atomic E-state index is 11.7. The van der Waals surface area contributed by atoms with E-state index in [0.29, 0.717) is 18.0 Å². The monoisotopic (exact) mass is 240 g/mol. The lowest BCUT2D eigenvalue weighted by molar-refractivity contribution is 0.256. The third-order valence-electron chi connectivity index (χ3n) is 2.94. The second-order valence-corrected chi connectivity index (χ2v) is 4.06. The van der Waals surface area contributed by atoms with Gasteiger partial charge in [0.1, 0.15) is 12.4 Å². The van der Waals surface area contributed by atoms with Crippen LogP contribution in [0.25, 0.3) is 0 Å². The molecule has 2 aromatic carbocycles. The smallest absolute Gasteiger partial charge is 0.324 e. The Morgan fingerprint density at radius 2 is 1.72 bits per heavy atom. The van der Waals surface area contributed by atoms with E-state index >= 15 is 0 Å². The predicted octanol–water partition coefficient (Wildman–Crippen LogP) is 2.80. The highest BCUT2D eigenvalue weighted by Crippen LogP contribution is 2.38. The number of anilines is 2. The number of para-hydroxylation sites is 3. The minimum atomic E-state index is -0.514. The first-order valence-electron chi connectivity index (χ1n) is 5.66. The van der Waals surface area contributed by atoms with E-state index in [0.717, 1.165) is 11.3 Å². The number of hydrogen-bond donors (Lipinski definition) is 1. The maximum absolute atomic E-state index is 11.7. The molecule has 0 fully saturated rings. The van der Waals surface area contributed by atoms with Crippen LogP contribution in [-0.4, -0.2) is 6.03 Å². The van der Waals surface area contributed by atoms with Crippen LogP contribution in [-0.2, 0) is 6.61 Å². The number of primary amides is 1. The first kappa shape index (κ1) is 10.7. The molecule has 4 heteroatoms. The summed E-state index contributed by atoms with van der Waals surface area (Å²) >= 11 is 0. The summed E-state index contributed by atoms with van der Waals surface area (Å²) in [4.78, 5) is 13.2. The molecular formula is C14H12N2O2. The first-order chi connectivity index (χ1) is 8.77. The van der Waals surface area contributed by atoms with Gasteiger partial charge >= 0.3 is 6.03 Å². The van der Waals surface area contributed by atoms with Crippen molar-refractivity contribution < 1.29 is 9.53 Å². The van der Waals surface area contributed by atoms with E-state index in [1.165, 1.54) is 4.90 Å². The minimum Gasteiger partial charge on any atom is -0.487 e. The van der Waals surface area contributed by atoms with Gasteiger partial charge in [-0.05, 0) is 18.2 Å². The van der Waals surface area contributed by atoms with Crippen LogP contribution in [0.4, 0.5) is 16.2 Å². The lowest BCUT2D eigenvalue weighted by Crippen LogP contribution is -2.31. The van der Waals surface area contributed by atoms with E-state index in [9.17, 15) is 4.79 Å². The Labute approximate surface area is 105 Å². The number of amides is 2. The van der Waals surface area contributed by atoms with Crippen molar-refractivity contribution in [3.05, 3.63) is 54.1 Å². The zero-order chi connectivity index (χ0) is 12.5. The third-order valence-corrected chi connectivity index (χ3v) is 2.94. The van der Waals surface area contributed by atoms with Gasteiger partial charge in [-0.2, -0.15) is 0 Å². The van der Waals surface area contributed by atoms with E-state index in [2.05, 4.69) is 0 Å². The summed E-state index contributed by atoms with van der Waals surface area (Å²) in [5, 5.41) is 0. The average molecular weight is 240 g/mol. The molecule has 1 aliphatic heterocycles. The molecule has 0 bridgehead atoms. The molecule has 18 heavy (non-hydrogen) atoms. The Bertz CT molecular complexity index is 563. The van der Waals surface area contributed by atoms with Crippen LogP contribution in [0.5, 0.6) is 5.75 Å². The van der Waals surface area contributed by atoms with E-state index in [1.54, 1.807) is 0 Å². The van der Waals surface area contributed by atoms with Gasteiger partial charge in [-0.1, -0.05) is 30.3 Å². The Morgan fingerprint density at radius 1 is 1.06 bits per heavy atom. The second-order valence-electron chi connectivity index (χ2n) is 4.06. The number of carbonyl (C=O) groups is 1. The Kier molecular flexibility index (Phi) is 2.41. The van der Waals surface area contributed by atoms with Crippen LogP contribution in [0, 0.1) is 0 Å². The maximum Gasteiger partial charge on any atom is 0.324 e. The fourth-order valence-corrected chi connectivity index (χ4v) is 2.14. The molecule has 4 nitrogen and oxygen atoms in total. The number of nitrogens with two attached hydrogens (primary N) is 1. The molecule has 2 amide bonds. The number of hydrogen-bond acceptors (Lipinski definition) is 2. The van der Waals surface area contributed by atoms with Crippen molar-refractivity contribution in [2.75, 3.05) is 4.90 Å². The summed E-state index contributed by atoms with van der Waals surface area (Å²) in [5.74, 6) is 0.660. The first-order valence-corrected chi connectivity index (χ1v) is 5.66. The lowest BCUT2D eigenvalue weighted by atomic mass is 10.1. The Balaban J connectivity index is 2.24. The molecule has 0 aromatic heterocycles. The number of fused-ring (bicyclic) bond motifs is 2. The van der Waals surface area contributed by atoms with E-state index in [4.69, 9.17) is 10.5 Å². The zero-order valence-corrected chi connectivity index (χ0v) is 9.67. The molecule has 3 rings (SSSR count). The number of nitrogens with zero attached hydrogens (tertiary/aromatic N) is 1. The summed E-state index contributed by atoms with van der Waals surface area (Å²) in [6.45, 7) is 0.428. The standard InChI is InChI=1S/C14H12N2O2/c15-14(17)16-11-6-2-1-5-10(11)9-18-13-8-4-3-7-12(13)16/h1-8H,9H2,(H2,15,17). The largest absolute Gasteiger partial charge is 0.487 e. The van der Waals surface area contributed by atoms with Crippen LogP contribution >= 0.6 is 0 Å². The Morgan fingerprint density at radius 3 is 2.50 bits per heavy atom. The van der Waals surface area contributed by atoms with Crippen LogP contribution in [0.1, 0.15) is 5.56 Å². The quantitative estimate of drug-likeness (QED) is 0.769. The number of rotatable bonds is 0. The second kappa shape index (κ2) is 4.07. The topological polar surface area (TPSA) is 55.6 Å². The molecule has 0 spiro atoms. The SMILES string of the molecule is NC(=O)N1c2ccccc2COc2ccccc21. The molecule has 0 unspecified atom stereocenters. The summed E-state index contributed by atoms with van der Waals surface area (Å²) < 4.78 is 5.71. The molecule has 0 aliphatic carbocycles. The Hall–Kier alpha value is -2.49. The number of ether oxygens (including phenoxy) is 1. The van der Waals surface area contributed by atoms with Gasteiger partial charge in [-0.25, -0.2) is 4.79 Å². The fraction of sp³-hybridized carbons (Fsp3) is 0.0714. The van der Waals surface area contributed by atoms with Crippen molar-refractivity contribution in [3.8, 4) is 5.75 Å². The molecular weight excluding hydrogens is 228 g/mol. The summed E-state index contributed by atoms with van der Waals surface area (Å²) in [6, 6.07) is 14.4. The fourth-order valence-electron chi connectivity index (χ4n) is 2.14. The van der Waals surface area contributed by atoms with Gasteiger partial charge in [0.2, 0.25) is 0 Å². The zero-order valence-electron chi connectivity index (χ0n) is 9.67. The molecule has 0 saturated carbocycles. The summed E-state index contributed by atoms with van der Waals surface area (Å²) in [7, 11) is 0. The number of carbonyl (C=O) groups excluding carboxylic acids is 1. The van der Waals surface area contributed by atoms with Crippen molar-refractivity contribution in [1.82, 2.24) is 0 Å². The van der Waals surface area contributed by atoms with E-state index in [1.807, 2.05) is 48.5 Å². The van der Waals surface area contributed by atoms with Crippen molar-refractivity contribution in [2.45, 2.75) is 6.61 Å². The summed E-state index contributed by atoms with van der Waals surface area (Å²) in [5.41, 5.74) is 7.88. The van der Waals surface area contributed by atoms with Gasteiger partial charge < -0.3 is 10.5 Å². The van der Waals surface area contributed by atoms with Crippen molar-refractivity contribution >= 4 is 17.4 Å². The average Bonchev–Trinajstić information content (AvgIpc) is 2.55. The molecule has 90 valence electrons. The number of urea groups is 1.